The fourth-order valence-electron chi connectivity index (χ4n) is 5.56. The fraction of sp³-hybridized carbons (Fsp3) is 0.370. The van der Waals surface area contributed by atoms with Gasteiger partial charge in [0.15, 0.2) is 0 Å². The number of allylic oxidation sites excluding steroid dienone is 2. The zero-order valence-corrected chi connectivity index (χ0v) is 19.2. The molecular formula is C27H28N4O3. The maximum Gasteiger partial charge on any atom is 0.213 e. The van der Waals surface area contributed by atoms with Crippen molar-refractivity contribution in [2.45, 2.75) is 37.8 Å². The Bertz CT molecular complexity index is 1250. The molecule has 2 bridgehead atoms. The van der Waals surface area contributed by atoms with Gasteiger partial charge in [-0.05, 0) is 78.1 Å². The van der Waals surface area contributed by atoms with Crippen LogP contribution in [0.3, 0.4) is 0 Å². The maximum atomic E-state index is 10.8. The van der Waals surface area contributed by atoms with Crippen LogP contribution in [0.15, 0.2) is 48.7 Å². The Morgan fingerprint density at radius 1 is 1.03 bits per heavy atom. The number of ether oxygens (including phenoxy) is 2. The fourth-order valence-corrected chi connectivity index (χ4v) is 5.56. The van der Waals surface area contributed by atoms with Gasteiger partial charge in [0.25, 0.3) is 0 Å². The van der Waals surface area contributed by atoms with E-state index in [-0.39, 0.29) is 5.75 Å². The second-order valence-electron chi connectivity index (χ2n) is 9.39. The SMILES string of the molecule is COc1cc(-c2ccc(-c3cc4c(nn3)C([C@@H]3C[C@H]5COC[C@@H](C3)N5)=CCC4)c(O)c2)ccn1. The van der Waals surface area contributed by atoms with Crippen molar-refractivity contribution < 1.29 is 14.6 Å². The highest BCUT2D eigenvalue weighted by Gasteiger charge is 2.35. The molecule has 7 nitrogen and oxygen atoms in total. The monoisotopic (exact) mass is 456 g/mol. The van der Waals surface area contributed by atoms with Crippen LogP contribution >= 0.6 is 0 Å². The molecule has 174 valence electrons. The second kappa shape index (κ2) is 8.81. The Morgan fingerprint density at radius 2 is 1.85 bits per heavy atom. The lowest BCUT2D eigenvalue weighted by atomic mass is 9.77. The van der Waals surface area contributed by atoms with Gasteiger partial charge in [-0.3, -0.25) is 0 Å². The lowest BCUT2D eigenvalue weighted by molar-refractivity contribution is 0.0154. The molecule has 2 saturated heterocycles. The number of methoxy groups -OCH3 is 1. The first-order valence-electron chi connectivity index (χ1n) is 11.9. The highest BCUT2D eigenvalue weighted by molar-refractivity contribution is 5.76. The standard InChI is InChI=1S/C27H28N4O3/c1-33-26-13-17(7-8-28-26)16-5-6-23(25(32)12-16)24-11-18-3-2-4-22(27(18)31-30-24)19-9-20-14-34-15-21(10-19)29-20/h4-8,11-13,19-21,29,32H,2-3,9-10,14-15H2,1H3/t19-,20+,21-. The van der Waals surface area contributed by atoms with Gasteiger partial charge < -0.3 is 19.9 Å². The zero-order valence-electron chi connectivity index (χ0n) is 19.2. The molecule has 3 atom stereocenters. The van der Waals surface area contributed by atoms with Crippen LogP contribution in [0, 0.1) is 5.92 Å². The summed E-state index contributed by atoms with van der Waals surface area (Å²) < 4.78 is 10.9. The van der Waals surface area contributed by atoms with Crippen molar-refractivity contribution in [2.24, 2.45) is 5.92 Å². The molecule has 3 aliphatic rings. The molecule has 1 aromatic carbocycles. The van der Waals surface area contributed by atoms with Gasteiger partial charge in [0.2, 0.25) is 5.88 Å². The smallest absolute Gasteiger partial charge is 0.213 e. The van der Waals surface area contributed by atoms with E-state index < -0.39 is 0 Å². The first kappa shape index (κ1) is 21.3. The van der Waals surface area contributed by atoms with E-state index >= 15 is 0 Å². The zero-order chi connectivity index (χ0) is 23.1. The van der Waals surface area contributed by atoms with Gasteiger partial charge in [-0.2, -0.15) is 0 Å². The van der Waals surface area contributed by atoms with Crippen molar-refractivity contribution in [3.05, 3.63) is 59.9 Å². The van der Waals surface area contributed by atoms with Crippen molar-refractivity contribution >= 4 is 5.57 Å². The van der Waals surface area contributed by atoms with Gasteiger partial charge in [-0.1, -0.05) is 12.1 Å². The Kier molecular flexibility index (Phi) is 5.51. The van der Waals surface area contributed by atoms with E-state index in [2.05, 4.69) is 32.6 Å². The number of piperidine rings is 1. The summed E-state index contributed by atoms with van der Waals surface area (Å²) in [7, 11) is 1.59. The van der Waals surface area contributed by atoms with E-state index in [4.69, 9.17) is 9.47 Å². The lowest BCUT2D eigenvalue weighted by Crippen LogP contribution is -2.54. The number of fused-ring (bicyclic) bond motifs is 3. The van der Waals surface area contributed by atoms with Gasteiger partial charge in [0, 0.05) is 29.9 Å². The number of phenols is 1. The number of benzene rings is 1. The average Bonchev–Trinajstić information content (AvgIpc) is 2.87. The van der Waals surface area contributed by atoms with Crippen molar-refractivity contribution in [1.29, 1.82) is 0 Å². The number of aromatic hydroxyl groups is 1. The van der Waals surface area contributed by atoms with Gasteiger partial charge in [-0.15, -0.1) is 10.2 Å². The predicted molar refractivity (Wildman–Crippen MR) is 129 cm³/mol. The van der Waals surface area contributed by atoms with Gasteiger partial charge in [-0.25, -0.2) is 4.98 Å². The molecular weight excluding hydrogens is 428 g/mol. The van der Waals surface area contributed by atoms with Gasteiger partial charge in [0.1, 0.15) is 5.75 Å². The number of phenolic OH excluding ortho intramolecular Hbond substituents is 1. The molecule has 1 aliphatic carbocycles. The van der Waals surface area contributed by atoms with Crippen LogP contribution in [0.5, 0.6) is 11.6 Å². The van der Waals surface area contributed by atoms with Gasteiger partial charge in [0.05, 0.1) is 31.7 Å². The molecule has 2 aliphatic heterocycles. The molecule has 6 rings (SSSR count). The summed E-state index contributed by atoms with van der Waals surface area (Å²) in [6.45, 7) is 1.58. The summed E-state index contributed by atoms with van der Waals surface area (Å²) in [5.41, 5.74) is 6.78. The number of rotatable bonds is 4. The second-order valence-corrected chi connectivity index (χ2v) is 9.39. The van der Waals surface area contributed by atoms with E-state index in [1.54, 1.807) is 19.4 Å². The third-order valence-corrected chi connectivity index (χ3v) is 7.16. The summed E-state index contributed by atoms with van der Waals surface area (Å²) in [6, 6.07) is 12.3. The molecule has 34 heavy (non-hydrogen) atoms. The van der Waals surface area contributed by atoms with E-state index in [1.807, 2.05) is 24.3 Å². The third-order valence-electron chi connectivity index (χ3n) is 7.16. The molecule has 0 amide bonds. The van der Waals surface area contributed by atoms with Crippen molar-refractivity contribution in [2.75, 3.05) is 20.3 Å². The van der Waals surface area contributed by atoms with Crippen LogP contribution in [-0.4, -0.2) is 52.7 Å². The number of pyridine rings is 1. The summed E-state index contributed by atoms with van der Waals surface area (Å²) in [5.74, 6) is 1.21. The van der Waals surface area contributed by atoms with Gasteiger partial charge >= 0.3 is 0 Å². The van der Waals surface area contributed by atoms with Crippen molar-refractivity contribution in [3.8, 4) is 34.0 Å². The Labute approximate surface area is 198 Å². The number of hydrogen-bond acceptors (Lipinski definition) is 7. The molecule has 7 heteroatoms. The number of nitrogens with one attached hydrogen (secondary N) is 1. The Morgan fingerprint density at radius 3 is 2.65 bits per heavy atom. The Balaban J connectivity index is 1.28. The van der Waals surface area contributed by atoms with E-state index in [9.17, 15) is 5.11 Å². The number of aromatic nitrogens is 3. The molecule has 0 spiro atoms. The molecule has 0 radical (unpaired) electrons. The minimum Gasteiger partial charge on any atom is -0.507 e. The largest absolute Gasteiger partial charge is 0.507 e. The third kappa shape index (κ3) is 3.95. The maximum absolute atomic E-state index is 10.8. The lowest BCUT2D eigenvalue weighted by Gasteiger charge is -2.41. The summed E-state index contributed by atoms with van der Waals surface area (Å²) >= 11 is 0. The molecule has 0 unspecified atom stereocenters. The predicted octanol–water partition coefficient (Wildman–Crippen LogP) is 4.02. The van der Waals surface area contributed by atoms with E-state index in [0.717, 1.165) is 55.7 Å². The molecule has 0 saturated carbocycles. The van der Waals surface area contributed by atoms with Crippen LogP contribution < -0.4 is 10.1 Å². The number of morpholine rings is 1. The quantitative estimate of drug-likeness (QED) is 0.613. The number of hydrogen-bond donors (Lipinski definition) is 2. The first-order valence-corrected chi connectivity index (χ1v) is 11.9. The topological polar surface area (TPSA) is 89.4 Å². The minimum atomic E-state index is 0.181. The molecule has 2 N–H and O–H groups in total. The number of aryl methyl sites for hydroxylation is 1. The molecule has 2 fully saturated rings. The molecule has 3 aromatic rings. The van der Waals surface area contributed by atoms with E-state index in [1.165, 1.54) is 11.1 Å². The van der Waals surface area contributed by atoms with Crippen LogP contribution in [0.2, 0.25) is 0 Å². The highest BCUT2D eigenvalue weighted by atomic mass is 16.5. The van der Waals surface area contributed by atoms with Crippen molar-refractivity contribution in [3.63, 3.8) is 0 Å². The van der Waals surface area contributed by atoms with Crippen molar-refractivity contribution in [1.82, 2.24) is 20.5 Å². The molecule has 2 aromatic heterocycles. The number of nitrogens with zero attached hydrogens (tertiary/aromatic N) is 3. The summed E-state index contributed by atoms with van der Waals surface area (Å²) in [5, 5.41) is 23.8. The van der Waals surface area contributed by atoms with Crippen LogP contribution in [0.1, 0.15) is 30.5 Å². The van der Waals surface area contributed by atoms with Crippen LogP contribution in [-0.2, 0) is 11.2 Å². The molecule has 4 heterocycles. The average molecular weight is 457 g/mol. The van der Waals surface area contributed by atoms with Crippen LogP contribution in [0.25, 0.3) is 28.0 Å². The Hall–Kier alpha value is -3.29. The normalized spacial score (nSPS) is 23.7. The summed E-state index contributed by atoms with van der Waals surface area (Å²) in [6.07, 6.45) is 8.16. The highest BCUT2D eigenvalue weighted by Crippen LogP contribution is 2.40. The van der Waals surface area contributed by atoms with Crippen LogP contribution in [0.4, 0.5) is 0 Å². The summed E-state index contributed by atoms with van der Waals surface area (Å²) in [4.78, 5) is 4.15. The van der Waals surface area contributed by atoms with E-state index in [0.29, 0.717) is 35.1 Å². The first-order chi connectivity index (χ1) is 16.7. The minimum absolute atomic E-state index is 0.181.